The van der Waals surface area contributed by atoms with E-state index in [4.69, 9.17) is 14.2 Å². The fourth-order valence-corrected chi connectivity index (χ4v) is 7.52. The highest BCUT2D eigenvalue weighted by molar-refractivity contribution is 5.71. The molecule has 0 spiro atoms. The van der Waals surface area contributed by atoms with Crippen molar-refractivity contribution >= 4 is 17.9 Å². The zero-order valence-corrected chi connectivity index (χ0v) is 45.2. The van der Waals surface area contributed by atoms with Crippen LogP contribution in [-0.2, 0) is 28.6 Å². The van der Waals surface area contributed by atoms with Gasteiger partial charge in [0, 0.05) is 19.3 Å². The minimum atomic E-state index is -0.820. The number of carbonyl (C=O) groups is 3. The minimum Gasteiger partial charge on any atom is -0.462 e. The van der Waals surface area contributed by atoms with E-state index in [9.17, 15) is 14.4 Å². The normalized spacial score (nSPS) is 13.0. The molecule has 6 heteroatoms. The molecule has 0 aliphatic heterocycles. The number of ether oxygens (including phenoxy) is 3. The Kier molecular flexibility index (Phi) is 54.0. The molecule has 1 unspecified atom stereocenters. The standard InChI is InChI=1S/C64H104O6/c1-4-7-10-13-16-19-22-25-26-27-28-29-30-31-32-33-34-35-36-37-38-40-42-45-48-51-54-57-63(66)69-60-61(59-68-62(65)56-53-50-47-44-41-24-21-18-15-12-9-6-3)70-64(67)58-55-52-49-46-43-39-23-20-17-14-11-8-5-2/h7-8,10-11,16-17,19-20,25-26,28-29,31-32,34-35,39,43,49,52,61H,4-6,9,12-15,18,21-24,27,30,33,36-38,40-42,44-48,50-51,53-60H2,1-3H3/b10-7-,11-8-,19-16-,20-17-,26-25-,29-28-,32-31-,35-34-,43-39-,52-49-. The van der Waals surface area contributed by atoms with Gasteiger partial charge in [-0.1, -0.05) is 251 Å². The fraction of sp³-hybridized carbons (Fsp3) is 0.641. The highest BCUT2D eigenvalue weighted by Gasteiger charge is 2.19. The maximum absolute atomic E-state index is 12.8. The highest BCUT2D eigenvalue weighted by atomic mass is 16.6. The molecular weight excluding hydrogens is 865 g/mol. The van der Waals surface area contributed by atoms with Crippen LogP contribution in [0.4, 0.5) is 0 Å². The number of unbranched alkanes of at least 4 members (excludes halogenated alkanes) is 19. The van der Waals surface area contributed by atoms with Gasteiger partial charge in [0.25, 0.3) is 0 Å². The molecule has 0 bridgehead atoms. The molecule has 0 N–H and O–H groups in total. The zero-order valence-electron chi connectivity index (χ0n) is 45.2. The molecule has 0 amide bonds. The maximum Gasteiger partial charge on any atom is 0.306 e. The third-order valence-corrected chi connectivity index (χ3v) is 11.7. The lowest BCUT2D eigenvalue weighted by molar-refractivity contribution is -0.166. The summed E-state index contributed by atoms with van der Waals surface area (Å²) in [6.07, 6.45) is 79.2. The number of hydrogen-bond acceptors (Lipinski definition) is 6. The van der Waals surface area contributed by atoms with E-state index in [0.717, 1.165) is 109 Å². The molecular formula is C64H104O6. The van der Waals surface area contributed by atoms with Crippen molar-refractivity contribution in [2.24, 2.45) is 0 Å². The Morgan fingerprint density at radius 1 is 0.300 bits per heavy atom. The molecule has 0 aromatic carbocycles. The molecule has 70 heavy (non-hydrogen) atoms. The van der Waals surface area contributed by atoms with Crippen LogP contribution in [0.25, 0.3) is 0 Å². The first-order chi connectivity index (χ1) is 34.5. The van der Waals surface area contributed by atoms with Gasteiger partial charge in [0.2, 0.25) is 0 Å². The van der Waals surface area contributed by atoms with Crippen LogP contribution in [0.5, 0.6) is 0 Å². The summed E-state index contributed by atoms with van der Waals surface area (Å²) in [6, 6.07) is 0. The van der Waals surface area contributed by atoms with Crippen molar-refractivity contribution in [3.8, 4) is 0 Å². The van der Waals surface area contributed by atoms with Crippen LogP contribution in [0.2, 0.25) is 0 Å². The topological polar surface area (TPSA) is 78.9 Å². The van der Waals surface area contributed by atoms with Crippen molar-refractivity contribution in [3.05, 3.63) is 122 Å². The van der Waals surface area contributed by atoms with Crippen LogP contribution in [0.1, 0.15) is 245 Å². The van der Waals surface area contributed by atoms with Crippen molar-refractivity contribution in [2.45, 2.75) is 252 Å². The molecule has 0 saturated heterocycles. The summed E-state index contributed by atoms with van der Waals surface area (Å²) in [6.45, 7) is 6.33. The van der Waals surface area contributed by atoms with Gasteiger partial charge >= 0.3 is 17.9 Å². The number of esters is 3. The summed E-state index contributed by atoms with van der Waals surface area (Å²) < 4.78 is 16.7. The monoisotopic (exact) mass is 969 g/mol. The largest absolute Gasteiger partial charge is 0.462 e. The minimum absolute atomic E-state index is 0.110. The smallest absolute Gasteiger partial charge is 0.306 e. The van der Waals surface area contributed by atoms with E-state index in [2.05, 4.69) is 130 Å². The molecule has 0 aromatic rings. The molecule has 0 rings (SSSR count). The average molecular weight is 970 g/mol. The number of carbonyl (C=O) groups excluding carboxylic acids is 3. The Morgan fingerprint density at radius 3 is 0.929 bits per heavy atom. The van der Waals surface area contributed by atoms with E-state index in [1.54, 1.807) is 0 Å². The van der Waals surface area contributed by atoms with E-state index in [1.807, 2.05) is 12.2 Å². The first-order valence-electron chi connectivity index (χ1n) is 28.5. The van der Waals surface area contributed by atoms with Crippen molar-refractivity contribution in [1.82, 2.24) is 0 Å². The Morgan fingerprint density at radius 2 is 0.586 bits per heavy atom. The predicted octanol–water partition coefficient (Wildman–Crippen LogP) is 19.3. The van der Waals surface area contributed by atoms with Gasteiger partial charge in [-0.2, -0.15) is 0 Å². The molecule has 0 radical (unpaired) electrons. The summed E-state index contributed by atoms with van der Waals surface area (Å²) in [4.78, 5) is 38.0. The maximum atomic E-state index is 12.8. The van der Waals surface area contributed by atoms with Gasteiger partial charge in [-0.25, -0.2) is 0 Å². The van der Waals surface area contributed by atoms with Gasteiger partial charge in [0.15, 0.2) is 6.10 Å². The second kappa shape index (κ2) is 57.4. The SMILES string of the molecule is CC/C=C\C/C=C\C/C=C\C/C=C\C/C=C\C/C=C\CCCCCCCCCCC(=O)OCC(COC(=O)CCCCCCCCCCCCCC)OC(=O)CC/C=C\C/C=C\C/C=C\C/C=C\CC. The van der Waals surface area contributed by atoms with Crippen LogP contribution in [0.15, 0.2) is 122 Å². The molecule has 1 atom stereocenters. The summed E-state index contributed by atoms with van der Waals surface area (Å²) >= 11 is 0. The molecule has 0 saturated carbocycles. The molecule has 0 aliphatic carbocycles. The Bertz CT molecular complexity index is 1490. The number of allylic oxidation sites excluding steroid dienone is 20. The highest BCUT2D eigenvalue weighted by Crippen LogP contribution is 2.14. The third kappa shape index (κ3) is 54.7. The molecule has 396 valence electrons. The average Bonchev–Trinajstić information content (AvgIpc) is 3.36. The van der Waals surface area contributed by atoms with E-state index in [0.29, 0.717) is 19.3 Å². The van der Waals surface area contributed by atoms with Crippen LogP contribution in [0.3, 0.4) is 0 Å². The Balaban J connectivity index is 4.34. The fourth-order valence-electron chi connectivity index (χ4n) is 7.52. The van der Waals surface area contributed by atoms with Gasteiger partial charge in [-0.3, -0.25) is 14.4 Å². The van der Waals surface area contributed by atoms with Gasteiger partial charge < -0.3 is 14.2 Å². The summed E-state index contributed by atoms with van der Waals surface area (Å²) in [5, 5.41) is 0. The molecule has 0 aromatic heterocycles. The van der Waals surface area contributed by atoms with Crippen LogP contribution >= 0.6 is 0 Å². The lowest BCUT2D eigenvalue weighted by Gasteiger charge is -2.18. The first kappa shape index (κ1) is 65.8. The van der Waals surface area contributed by atoms with E-state index in [-0.39, 0.29) is 31.6 Å². The van der Waals surface area contributed by atoms with Crippen LogP contribution in [-0.4, -0.2) is 37.2 Å². The quantitative estimate of drug-likeness (QED) is 0.0262. The van der Waals surface area contributed by atoms with Gasteiger partial charge in [0.05, 0.1) is 0 Å². The Hall–Kier alpha value is -4.19. The zero-order chi connectivity index (χ0) is 50.7. The lowest BCUT2D eigenvalue weighted by Crippen LogP contribution is -2.30. The van der Waals surface area contributed by atoms with E-state index >= 15 is 0 Å². The van der Waals surface area contributed by atoms with Gasteiger partial charge in [-0.05, 0) is 96.3 Å². The predicted molar refractivity (Wildman–Crippen MR) is 302 cm³/mol. The number of rotatable bonds is 50. The van der Waals surface area contributed by atoms with Crippen molar-refractivity contribution < 1.29 is 28.6 Å². The molecule has 0 aliphatic rings. The Labute approximate surface area is 431 Å². The van der Waals surface area contributed by atoms with Gasteiger partial charge in [-0.15, -0.1) is 0 Å². The second-order valence-electron chi connectivity index (χ2n) is 18.4. The number of hydrogen-bond donors (Lipinski definition) is 0. The third-order valence-electron chi connectivity index (χ3n) is 11.7. The summed E-state index contributed by atoms with van der Waals surface area (Å²) in [7, 11) is 0. The first-order valence-corrected chi connectivity index (χ1v) is 28.5. The molecule has 0 heterocycles. The second-order valence-corrected chi connectivity index (χ2v) is 18.4. The summed E-state index contributed by atoms with van der Waals surface area (Å²) in [5.41, 5.74) is 0. The molecule has 6 nitrogen and oxygen atoms in total. The van der Waals surface area contributed by atoms with E-state index < -0.39 is 12.1 Å². The summed E-state index contributed by atoms with van der Waals surface area (Å²) in [5.74, 6) is -1.00. The van der Waals surface area contributed by atoms with Gasteiger partial charge in [0.1, 0.15) is 13.2 Å². The molecule has 0 fully saturated rings. The van der Waals surface area contributed by atoms with Crippen LogP contribution in [0, 0.1) is 0 Å². The van der Waals surface area contributed by atoms with Crippen LogP contribution < -0.4 is 0 Å². The lowest BCUT2D eigenvalue weighted by atomic mass is 10.0. The van der Waals surface area contributed by atoms with Crippen molar-refractivity contribution in [3.63, 3.8) is 0 Å². The van der Waals surface area contributed by atoms with E-state index in [1.165, 1.54) is 89.9 Å². The van der Waals surface area contributed by atoms with Crippen molar-refractivity contribution in [1.29, 1.82) is 0 Å². The van der Waals surface area contributed by atoms with Crippen molar-refractivity contribution in [2.75, 3.05) is 13.2 Å².